The number of hydrogen-bond acceptors (Lipinski definition) is 7. The molecule has 1 amide bonds. The average Bonchev–Trinajstić information content (AvgIpc) is 3.44. The van der Waals surface area contributed by atoms with Crippen LogP contribution in [0.25, 0.3) is 11.5 Å². The fourth-order valence-corrected chi connectivity index (χ4v) is 5.31. The minimum atomic E-state index is -3.47. The molecule has 1 aliphatic rings. The Kier molecular flexibility index (Phi) is 5.77. The third-order valence-electron chi connectivity index (χ3n) is 5.02. The third kappa shape index (κ3) is 4.56. The quantitative estimate of drug-likeness (QED) is 0.594. The Bertz CT molecular complexity index is 1060. The summed E-state index contributed by atoms with van der Waals surface area (Å²) >= 11 is 1.56. The maximum atomic E-state index is 12.6. The molecule has 4 rings (SSSR count). The van der Waals surface area contributed by atoms with Crippen molar-refractivity contribution < 1.29 is 17.6 Å². The predicted octanol–water partition coefficient (Wildman–Crippen LogP) is 3.37. The van der Waals surface area contributed by atoms with Gasteiger partial charge in [0.2, 0.25) is 17.7 Å². The Hall–Kier alpha value is -2.52. The van der Waals surface area contributed by atoms with Crippen LogP contribution in [0.15, 0.2) is 56.5 Å². The molecule has 1 aliphatic heterocycles. The van der Waals surface area contributed by atoms with Gasteiger partial charge in [0.25, 0.3) is 0 Å². The molecule has 0 bridgehead atoms. The molecule has 3 heterocycles. The lowest BCUT2D eigenvalue weighted by Gasteiger charge is -2.31. The molecule has 9 heteroatoms. The van der Waals surface area contributed by atoms with Crippen LogP contribution in [0.5, 0.6) is 0 Å². The average molecular weight is 432 g/mol. The van der Waals surface area contributed by atoms with E-state index in [0.717, 1.165) is 18.4 Å². The normalized spacial score (nSPS) is 17.4. The smallest absolute Gasteiger partial charge is 0.248 e. The highest BCUT2D eigenvalue weighted by molar-refractivity contribution is 7.91. The minimum absolute atomic E-state index is 0.0293. The number of thiophene rings is 1. The number of amides is 1. The van der Waals surface area contributed by atoms with Crippen molar-refractivity contribution in [1.29, 1.82) is 0 Å². The lowest BCUT2D eigenvalue weighted by atomic mass is 9.98. The number of aromatic nitrogens is 2. The first-order valence-corrected chi connectivity index (χ1v) is 12.0. The highest BCUT2D eigenvalue weighted by Crippen LogP contribution is 2.29. The number of piperidine rings is 1. The summed E-state index contributed by atoms with van der Waals surface area (Å²) in [6, 6.07) is 10.2. The van der Waals surface area contributed by atoms with E-state index < -0.39 is 9.84 Å². The summed E-state index contributed by atoms with van der Waals surface area (Å²) in [6.45, 7) is 1.09. The molecule has 7 nitrogen and oxygen atoms in total. The molecule has 1 fully saturated rings. The molecule has 0 spiro atoms. The Morgan fingerprint density at radius 2 is 2.03 bits per heavy atom. The summed E-state index contributed by atoms with van der Waals surface area (Å²) < 4.78 is 30.7. The summed E-state index contributed by atoms with van der Waals surface area (Å²) in [6.07, 6.45) is 1.64. The van der Waals surface area contributed by atoms with Crippen molar-refractivity contribution in [3.63, 3.8) is 0 Å². The molecule has 152 valence electrons. The maximum absolute atomic E-state index is 12.6. The van der Waals surface area contributed by atoms with E-state index in [2.05, 4.69) is 10.2 Å². The van der Waals surface area contributed by atoms with Gasteiger partial charge in [-0.1, -0.05) is 18.2 Å². The van der Waals surface area contributed by atoms with Crippen LogP contribution in [0.1, 0.15) is 31.1 Å². The molecule has 0 saturated carbocycles. The first kappa shape index (κ1) is 19.8. The molecular weight excluding hydrogens is 410 g/mol. The monoisotopic (exact) mass is 431 g/mol. The number of carbonyl (C=O) groups is 1. The van der Waals surface area contributed by atoms with E-state index in [1.165, 1.54) is 0 Å². The van der Waals surface area contributed by atoms with E-state index in [9.17, 15) is 13.2 Å². The minimum Gasteiger partial charge on any atom is -0.420 e. The first-order chi connectivity index (χ1) is 14.0. The zero-order chi connectivity index (χ0) is 20.3. The SMILES string of the molecule is O=C(CCS(=O)(=O)c1ccccc1)N1CCCC(c2nnc(-c3ccsc3)o2)C1. The molecule has 0 N–H and O–H groups in total. The van der Waals surface area contributed by atoms with E-state index in [4.69, 9.17) is 4.42 Å². The highest BCUT2D eigenvalue weighted by Gasteiger charge is 2.29. The summed E-state index contributed by atoms with van der Waals surface area (Å²) in [5.74, 6) is 0.629. The van der Waals surface area contributed by atoms with Crippen LogP contribution >= 0.6 is 11.3 Å². The highest BCUT2D eigenvalue weighted by atomic mass is 32.2. The van der Waals surface area contributed by atoms with Gasteiger partial charge in [0.05, 0.1) is 16.6 Å². The molecule has 1 atom stereocenters. The van der Waals surface area contributed by atoms with Gasteiger partial charge in [-0.3, -0.25) is 4.79 Å². The number of sulfone groups is 1. The summed E-state index contributed by atoms with van der Waals surface area (Å²) in [5.41, 5.74) is 0.892. The summed E-state index contributed by atoms with van der Waals surface area (Å²) in [7, 11) is -3.47. The van der Waals surface area contributed by atoms with Crippen molar-refractivity contribution in [1.82, 2.24) is 15.1 Å². The van der Waals surface area contributed by atoms with Crippen molar-refractivity contribution >= 4 is 27.1 Å². The van der Waals surface area contributed by atoms with Gasteiger partial charge in [0.15, 0.2) is 9.84 Å². The second-order valence-corrected chi connectivity index (χ2v) is 9.91. The van der Waals surface area contributed by atoms with Gasteiger partial charge in [0.1, 0.15) is 0 Å². The van der Waals surface area contributed by atoms with Gasteiger partial charge in [-0.05, 0) is 36.4 Å². The van der Waals surface area contributed by atoms with E-state index in [1.807, 2.05) is 16.8 Å². The van der Waals surface area contributed by atoms with Crippen LogP contribution in [-0.4, -0.2) is 48.3 Å². The van der Waals surface area contributed by atoms with E-state index >= 15 is 0 Å². The van der Waals surface area contributed by atoms with Crippen LogP contribution in [0.3, 0.4) is 0 Å². The first-order valence-electron chi connectivity index (χ1n) is 9.44. The number of rotatable bonds is 6. The lowest BCUT2D eigenvalue weighted by molar-refractivity contribution is -0.132. The topological polar surface area (TPSA) is 93.4 Å². The fraction of sp³-hybridized carbons (Fsp3) is 0.350. The molecule has 3 aromatic rings. The van der Waals surface area contributed by atoms with Crippen LogP contribution in [0.2, 0.25) is 0 Å². The molecule has 1 aromatic carbocycles. The number of nitrogens with zero attached hydrogens (tertiary/aromatic N) is 3. The van der Waals surface area contributed by atoms with E-state index in [0.29, 0.717) is 24.9 Å². The Balaban J connectivity index is 1.37. The van der Waals surface area contributed by atoms with Crippen LogP contribution < -0.4 is 0 Å². The van der Waals surface area contributed by atoms with Gasteiger partial charge in [-0.15, -0.1) is 10.2 Å². The Morgan fingerprint density at radius 1 is 1.21 bits per heavy atom. The lowest BCUT2D eigenvalue weighted by Crippen LogP contribution is -2.39. The molecule has 1 saturated heterocycles. The Labute approximate surface area is 173 Å². The standard InChI is InChI=1S/C20H21N3O4S2/c24-18(9-12-29(25,26)17-6-2-1-3-7-17)23-10-4-5-15(13-23)19-21-22-20(27-19)16-8-11-28-14-16/h1-3,6-8,11,14-15H,4-5,9-10,12-13H2. The van der Waals surface area contributed by atoms with Crippen LogP contribution in [0, 0.1) is 0 Å². The Morgan fingerprint density at radius 3 is 2.79 bits per heavy atom. The molecule has 0 aliphatic carbocycles. The van der Waals surface area contributed by atoms with Gasteiger partial charge < -0.3 is 9.32 Å². The zero-order valence-electron chi connectivity index (χ0n) is 15.7. The van der Waals surface area contributed by atoms with Gasteiger partial charge in [-0.25, -0.2) is 8.42 Å². The van der Waals surface area contributed by atoms with Crippen LogP contribution in [-0.2, 0) is 14.6 Å². The van der Waals surface area contributed by atoms with E-state index in [1.54, 1.807) is 46.6 Å². The zero-order valence-corrected chi connectivity index (χ0v) is 17.4. The second kappa shape index (κ2) is 8.46. The second-order valence-electron chi connectivity index (χ2n) is 7.02. The van der Waals surface area contributed by atoms with Crippen molar-refractivity contribution in [2.24, 2.45) is 0 Å². The summed E-state index contributed by atoms with van der Waals surface area (Å²) in [5, 5.41) is 12.2. The van der Waals surface area contributed by atoms with E-state index in [-0.39, 0.29) is 28.9 Å². The number of likely N-dealkylation sites (tertiary alicyclic amines) is 1. The fourth-order valence-electron chi connectivity index (χ4n) is 3.43. The maximum Gasteiger partial charge on any atom is 0.248 e. The predicted molar refractivity (Wildman–Crippen MR) is 109 cm³/mol. The van der Waals surface area contributed by atoms with Gasteiger partial charge in [0, 0.05) is 30.5 Å². The molecule has 29 heavy (non-hydrogen) atoms. The van der Waals surface area contributed by atoms with Crippen LogP contribution in [0.4, 0.5) is 0 Å². The number of benzene rings is 1. The van der Waals surface area contributed by atoms with Crippen molar-refractivity contribution in [2.45, 2.75) is 30.1 Å². The van der Waals surface area contributed by atoms with Crippen molar-refractivity contribution in [2.75, 3.05) is 18.8 Å². The molecule has 2 aromatic heterocycles. The molecule has 0 radical (unpaired) electrons. The van der Waals surface area contributed by atoms with Gasteiger partial charge >= 0.3 is 0 Å². The largest absolute Gasteiger partial charge is 0.420 e. The third-order valence-corrected chi connectivity index (χ3v) is 7.43. The molecule has 1 unspecified atom stereocenters. The summed E-state index contributed by atoms with van der Waals surface area (Å²) in [4.78, 5) is 14.6. The molecular formula is C20H21N3O4S2. The number of carbonyl (C=O) groups excluding carboxylic acids is 1. The van der Waals surface area contributed by atoms with Gasteiger partial charge in [-0.2, -0.15) is 11.3 Å². The van der Waals surface area contributed by atoms with Crippen molar-refractivity contribution in [3.8, 4) is 11.5 Å². The van der Waals surface area contributed by atoms with Crippen molar-refractivity contribution in [3.05, 3.63) is 53.0 Å². The number of hydrogen-bond donors (Lipinski definition) is 0.